The van der Waals surface area contributed by atoms with Crippen LogP contribution in [-0.4, -0.2) is 31.8 Å². The second kappa shape index (κ2) is 5.08. The molecule has 1 aliphatic rings. The van der Waals surface area contributed by atoms with E-state index in [4.69, 9.17) is 15.3 Å². The molecule has 0 aliphatic carbocycles. The number of nitrogens with one attached hydrogen (secondary N) is 1. The maximum absolute atomic E-state index is 10.2. The number of hydroxylamine groups is 1. The highest BCUT2D eigenvalue weighted by Crippen LogP contribution is 2.10. The van der Waals surface area contributed by atoms with E-state index < -0.39 is 5.91 Å². The molecule has 1 saturated heterocycles. The van der Waals surface area contributed by atoms with Crippen LogP contribution in [0.25, 0.3) is 0 Å². The fourth-order valence-corrected chi connectivity index (χ4v) is 1.08. The van der Waals surface area contributed by atoms with E-state index in [1.54, 1.807) is 0 Å². The van der Waals surface area contributed by atoms with Crippen molar-refractivity contribution in [3.63, 3.8) is 0 Å². The van der Waals surface area contributed by atoms with Gasteiger partial charge in [0.2, 0.25) is 5.91 Å². The lowest BCUT2D eigenvalue weighted by molar-refractivity contribution is -0.125. The molecular weight excluding hydrogens is 160 g/mol. The van der Waals surface area contributed by atoms with Crippen LogP contribution in [0, 0.1) is 0 Å². The van der Waals surface area contributed by atoms with E-state index in [9.17, 15) is 4.79 Å². The number of nitrogens with two attached hydrogens (primary N) is 1. The van der Waals surface area contributed by atoms with Crippen LogP contribution in [0.2, 0.25) is 0 Å². The van der Waals surface area contributed by atoms with Gasteiger partial charge in [0.15, 0.2) is 0 Å². The van der Waals surface area contributed by atoms with Crippen LogP contribution in [0.5, 0.6) is 0 Å². The van der Waals surface area contributed by atoms with E-state index in [1.807, 2.05) is 0 Å². The van der Waals surface area contributed by atoms with Crippen molar-refractivity contribution in [1.82, 2.24) is 5.48 Å². The first-order valence-electron chi connectivity index (χ1n) is 4.03. The molecule has 12 heavy (non-hydrogen) atoms. The molecule has 1 aliphatic heterocycles. The lowest BCUT2D eigenvalue weighted by atomic mass is 10.2. The normalized spacial score (nSPS) is 22.8. The number of primary amides is 1. The Morgan fingerprint density at radius 1 is 1.75 bits per heavy atom. The van der Waals surface area contributed by atoms with Gasteiger partial charge in [0, 0.05) is 13.2 Å². The summed E-state index contributed by atoms with van der Waals surface area (Å²) in [5.41, 5.74) is 7.48. The number of rotatable bonds is 5. The SMILES string of the molecule is NC(=O)CONCC1CCCO1. The van der Waals surface area contributed by atoms with E-state index >= 15 is 0 Å². The molecular formula is C7H14N2O3. The summed E-state index contributed by atoms with van der Waals surface area (Å²) in [6.45, 7) is 1.35. The van der Waals surface area contributed by atoms with Gasteiger partial charge in [-0.1, -0.05) is 0 Å². The summed E-state index contributed by atoms with van der Waals surface area (Å²) in [6, 6.07) is 0. The van der Waals surface area contributed by atoms with Crippen molar-refractivity contribution in [3.8, 4) is 0 Å². The molecule has 1 amide bonds. The summed E-state index contributed by atoms with van der Waals surface area (Å²) < 4.78 is 5.30. The van der Waals surface area contributed by atoms with E-state index in [0.29, 0.717) is 6.54 Å². The van der Waals surface area contributed by atoms with E-state index in [2.05, 4.69) is 5.48 Å². The lowest BCUT2D eigenvalue weighted by Gasteiger charge is -2.09. The number of hydrogen-bond donors (Lipinski definition) is 2. The van der Waals surface area contributed by atoms with Gasteiger partial charge in [0.05, 0.1) is 6.10 Å². The van der Waals surface area contributed by atoms with Gasteiger partial charge in [-0.15, -0.1) is 0 Å². The Bertz CT molecular complexity index is 146. The summed E-state index contributed by atoms with van der Waals surface area (Å²) in [4.78, 5) is 15.0. The predicted molar refractivity (Wildman–Crippen MR) is 42.1 cm³/mol. The fourth-order valence-electron chi connectivity index (χ4n) is 1.08. The van der Waals surface area contributed by atoms with Gasteiger partial charge in [-0.25, -0.2) is 0 Å². The van der Waals surface area contributed by atoms with Crippen LogP contribution < -0.4 is 11.2 Å². The molecule has 5 nitrogen and oxygen atoms in total. The summed E-state index contributed by atoms with van der Waals surface area (Å²) in [5, 5.41) is 0. The summed E-state index contributed by atoms with van der Waals surface area (Å²) >= 11 is 0. The van der Waals surface area contributed by atoms with Crippen molar-refractivity contribution >= 4 is 5.91 Å². The van der Waals surface area contributed by atoms with E-state index in [1.165, 1.54) is 0 Å². The Morgan fingerprint density at radius 2 is 2.58 bits per heavy atom. The van der Waals surface area contributed by atoms with Gasteiger partial charge in [-0.05, 0) is 12.8 Å². The second-order valence-corrected chi connectivity index (χ2v) is 2.74. The average molecular weight is 174 g/mol. The fraction of sp³-hybridized carbons (Fsp3) is 0.857. The Kier molecular flexibility index (Phi) is 3.99. The van der Waals surface area contributed by atoms with Gasteiger partial charge < -0.3 is 10.5 Å². The largest absolute Gasteiger partial charge is 0.377 e. The smallest absolute Gasteiger partial charge is 0.245 e. The average Bonchev–Trinajstić information content (AvgIpc) is 2.49. The monoisotopic (exact) mass is 174 g/mol. The Labute approximate surface area is 71.2 Å². The second-order valence-electron chi connectivity index (χ2n) is 2.74. The van der Waals surface area contributed by atoms with E-state index in [-0.39, 0.29) is 12.7 Å². The predicted octanol–water partition coefficient (Wildman–Crippen LogP) is -0.828. The highest BCUT2D eigenvalue weighted by molar-refractivity contribution is 5.74. The molecule has 70 valence electrons. The molecule has 1 heterocycles. The van der Waals surface area contributed by atoms with Gasteiger partial charge in [0.25, 0.3) is 0 Å². The van der Waals surface area contributed by atoms with Crippen LogP contribution in [0.15, 0.2) is 0 Å². The summed E-state index contributed by atoms with van der Waals surface area (Å²) in [6.07, 6.45) is 2.37. The third-order valence-corrected chi connectivity index (χ3v) is 1.65. The zero-order valence-corrected chi connectivity index (χ0v) is 6.91. The number of hydrogen-bond acceptors (Lipinski definition) is 4. The quantitative estimate of drug-likeness (QED) is 0.421. The molecule has 1 fully saturated rings. The molecule has 1 unspecified atom stereocenters. The third-order valence-electron chi connectivity index (χ3n) is 1.65. The minimum absolute atomic E-state index is 0.0906. The first kappa shape index (κ1) is 9.44. The molecule has 0 aromatic carbocycles. The van der Waals surface area contributed by atoms with Crippen LogP contribution in [-0.2, 0) is 14.4 Å². The molecule has 0 bridgehead atoms. The third kappa shape index (κ3) is 3.66. The van der Waals surface area contributed by atoms with Crippen LogP contribution >= 0.6 is 0 Å². The van der Waals surface area contributed by atoms with Crippen molar-refractivity contribution in [2.45, 2.75) is 18.9 Å². The zero-order chi connectivity index (χ0) is 8.81. The molecule has 5 heteroatoms. The topological polar surface area (TPSA) is 73.6 Å². The minimum atomic E-state index is -0.477. The lowest BCUT2D eigenvalue weighted by Crippen LogP contribution is -2.30. The highest BCUT2D eigenvalue weighted by atomic mass is 16.6. The number of amides is 1. The molecule has 1 rings (SSSR count). The highest BCUT2D eigenvalue weighted by Gasteiger charge is 2.14. The Hall–Kier alpha value is -0.650. The first-order valence-corrected chi connectivity index (χ1v) is 4.03. The standard InChI is InChI=1S/C7H14N2O3/c8-7(10)5-12-9-4-6-2-1-3-11-6/h6,9H,1-5H2,(H2,8,10). The Morgan fingerprint density at radius 3 is 3.17 bits per heavy atom. The summed E-state index contributed by atoms with van der Waals surface area (Å²) in [5.74, 6) is -0.477. The molecule has 0 aromatic rings. The number of carbonyl (C=O) groups is 1. The van der Waals surface area contributed by atoms with Gasteiger partial charge in [-0.3, -0.25) is 9.63 Å². The van der Waals surface area contributed by atoms with Crippen LogP contribution in [0.3, 0.4) is 0 Å². The van der Waals surface area contributed by atoms with Crippen molar-refractivity contribution in [3.05, 3.63) is 0 Å². The van der Waals surface area contributed by atoms with Crippen molar-refractivity contribution < 1.29 is 14.4 Å². The first-order chi connectivity index (χ1) is 5.79. The molecule has 3 N–H and O–H groups in total. The maximum atomic E-state index is 10.2. The van der Waals surface area contributed by atoms with Crippen LogP contribution in [0.1, 0.15) is 12.8 Å². The van der Waals surface area contributed by atoms with Crippen molar-refractivity contribution in [1.29, 1.82) is 0 Å². The molecule has 0 aromatic heterocycles. The van der Waals surface area contributed by atoms with Crippen LogP contribution in [0.4, 0.5) is 0 Å². The molecule has 0 spiro atoms. The Balaban J connectivity index is 1.91. The number of carbonyl (C=O) groups excluding carboxylic acids is 1. The van der Waals surface area contributed by atoms with Gasteiger partial charge in [-0.2, -0.15) is 5.48 Å². The minimum Gasteiger partial charge on any atom is -0.377 e. The molecule has 0 saturated carbocycles. The molecule has 1 atom stereocenters. The van der Waals surface area contributed by atoms with Crippen molar-refractivity contribution in [2.75, 3.05) is 19.8 Å². The van der Waals surface area contributed by atoms with Gasteiger partial charge >= 0.3 is 0 Å². The molecule has 0 radical (unpaired) electrons. The van der Waals surface area contributed by atoms with Crippen molar-refractivity contribution in [2.24, 2.45) is 5.73 Å². The van der Waals surface area contributed by atoms with Gasteiger partial charge in [0.1, 0.15) is 6.61 Å². The number of ether oxygens (including phenoxy) is 1. The zero-order valence-electron chi connectivity index (χ0n) is 6.91. The maximum Gasteiger partial charge on any atom is 0.245 e. The summed E-state index contributed by atoms with van der Waals surface area (Å²) in [7, 11) is 0. The van der Waals surface area contributed by atoms with E-state index in [0.717, 1.165) is 19.4 Å².